The lowest BCUT2D eigenvalue weighted by Gasteiger charge is -2.27. The number of hydrogen-bond acceptors (Lipinski definition) is 3. The van der Waals surface area contributed by atoms with E-state index in [1.165, 1.54) is 5.56 Å². The molecule has 31 heavy (non-hydrogen) atoms. The quantitative estimate of drug-likeness (QED) is 0.265. The molecule has 154 valence electrons. The van der Waals surface area contributed by atoms with E-state index < -0.39 is 0 Å². The van der Waals surface area contributed by atoms with Crippen LogP contribution >= 0.6 is 12.2 Å². The highest BCUT2D eigenvalue weighted by molar-refractivity contribution is 7.80. The molecule has 4 rings (SSSR count). The summed E-state index contributed by atoms with van der Waals surface area (Å²) in [4.78, 5) is 0. The van der Waals surface area contributed by atoms with Crippen LogP contribution in [0.5, 0.6) is 11.5 Å². The van der Waals surface area contributed by atoms with E-state index in [1.54, 1.807) is 0 Å². The molecule has 0 fully saturated rings. The van der Waals surface area contributed by atoms with E-state index in [2.05, 4.69) is 22.9 Å². The number of benzene rings is 4. The summed E-state index contributed by atoms with van der Waals surface area (Å²) < 4.78 is 5.84. The van der Waals surface area contributed by atoms with Crippen molar-refractivity contribution >= 4 is 28.7 Å². The van der Waals surface area contributed by atoms with E-state index in [0.29, 0.717) is 11.7 Å². The average Bonchev–Trinajstić information content (AvgIpc) is 2.82. The van der Waals surface area contributed by atoms with Crippen LogP contribution in [0.4, 0.5) is 11.4 Å². The van der Waals surface area contributed by atoms with Crippen molar-refractivity contribution in [3.05, 3.63) is 121 Å². The number of hydrazine groups is 1. The molecule has 0 saturated heterocycles. The van der Waals surface area contributed by atoms with Gasteiger partial charge in [-0.05, 0) is 66.3 Å². The Kier molecular flexibility index (Phi) is 6.78. The number of hydrogen-bond donors (Lipinski definition) is 2. The second kappa shape index (κ2) is 10.3. The van der Waals surface area contributed by atoms with Gasteiger partial charge in [0, 0.05) is 5.69 Å². The number of anilines is 2. The summed E-state index contributed by atoms with van der Waals surface area (Å²) in [6.45, 7) is 0.677. The van der Waals surface area contributed by atoms with Crippen molar-refractivity contribution in [3.8, 4) is 11.5 Å². The third-order valence-electron chi connectivity index (χ3n) is 4.58. The lowest BCUT2D eigenvalue weighted by atomic mass is 10.2. The number of para-hydroxylation sites is 2. The largest absolute Gasteiger partial charge is 0.457 e. The lowest BCUT2D eigenvalue weighted by molar-refractivity contribution is 0.483. The molecule has 0 aliphatic heterocycles. The van der Waals surface area contributed by atoms with Crippen LogP contribution in [0, 0.1) is 0 Å². The minimum Gasteiger partial charge on any atom is -0.457 e. The van der Waals surface area contributed by atoms with Gasteiger partial charge in [0.25, 0.3) is 0 Å². The van der Waals surface area contributed by atoms with Crippen molar-refractivity contribution < 1.29 is 4.74 Å². The SMILES string of the molecule is S=C(Nc1ccc(Oc2ccccc2)cc1)NN(Cc1ccccc1)c1ccccc1. The van der Waals surface area contributed by atoms with Gasteiger partial charge < -0.3 is 10.1 Å². The van der Waals surface area contributed by atoms with Gasteiger partial charge >= 0.3 is 0 Å². The maximum atomic E-state index is 5.84. The average molecular weight is 426 g/mol. The molecular formula is C26H23N3OS. The number of nitrogens with one attached hydrogen (secondary N) is 2. The molecule has 4 aromatic rings. The van der Waals surface area contributed by atoms with Gasteiger partial charge in [-0.2, -0.15) is 0 Å². The van der Waals surface area contributed by atoms with Crippen LogP contribution in [0.2, 0.25) is 0 Å². The van der Waals surface area contributed by atoms with Crippen LogP contribution in [0.3, 0.4) is 0 Å². The van der Waals surface area contributed by atoms with Gasteiger partial charge in [-0.1, -0.05) is 66.7 Å². The Balaban J connectivity index is 1.40. The van der Waals surface area contributed by atoms with Gasteiger partial charge in [0.15, 0.2) is 5.11 Å². The summed E-state index contributed by atoms with van der Waals surface area (Å²) >= 11 is 5.57. The minimum atomic E-state index is 0.511. The van der Waals surface area contributed by atoms with Gasteiger partial charge in [0.1, 0.15) is 11.5 Å². The summed E-state index contributed by atoms with van der Waals surface area (Å²) in [5, 5.41) is 5.78. The molecule has 5 heteroatoms. The molecule has 0 unspecified atom stereocenters. The zero-order valence-electron chi connectivity index (χ0n) is 16.9. The molecule has 0 saturated carbocycles. The van der Waals surface area contributed by atoms with Crippen LogP contribution < -0.4 is 20.5 Å². The lowest BCUT2D eigenvalue weighted by Crippen LogP contribution is -2.44. The summed E-state index contributed by atoms with van der Waals surface area (Å²) in [5.74, 6) is 1.57. The van der Waals surface area contributed by atoms with E-state index >= 15 is 0 Å². The zero-order chi connectivity index (χ0) is 21.3. The predicted molar refractivity (Wildman–Crippen MR) is 131 cm³/mol. The topological polar surface area (TPSA) is 36.5 Å². The highest BCUT2D eigenvalue weighted by atomic mass is 32.1. The second-order valence-corrected chi connectivity index (χ2v) is 7.32. The summed E-state index contributed by atoms with van der Waals surface area (Å²) in [6.07, 6.45) is 0. The van der Waals surface area contributed by atoms with Crippen molar-refractivity contribution in [1.82, 2.24) is 5.43 Å². The van der Waals surface area contributed by atoms with E-state index in [0.717, 1.165) is 22.9 Å². The first-order valence-corrected chi connectivity index (χ1v) is 10.4. The molecule has 0 aromatic heterocycles. The fourth-order valence-electron chi connectivity index (χ4n) is 3.08. The summed E-state index contributed by atoms with van der Waals surface area (Å²) in [7, 11) is 0. The molecule has 4 nitrogen and oxygen atoms in total. The standard InChI is InChI=1S/C26H23N3OS/c31-26(27-22-16-18-25(19-17-22)30-24-14-8-3-9-15-24)28-29(23-12-6-2-7-13-23)20-21-10-4-1-5-11-21/h1-19H,20H2,(H2,27,28,31). The Morgan fingerprint density at radius 3 is 1.87 bits per heavy atom. The highest BCUT2D eigenvalue weighted by Crippen LogP contribution is 2.22. The molecule has 0 atom stereocenters. The monoisotopic (exact) mass is 425 g/mol. The van der Waals surface area contributed by atoms with E-state index in [9.17, 15) is 0 Å². The molecule has 0 radical (unpaired) electrons. The number of nitrogens with zero attached hydrogens (tertiary/aromatic N) is 1. The van der Waals surface area contributed by atoms with Crippen molar-refractivity contribution in [2.75, 3.05) is 10.3 Å². The molecule has 0 aliphatic rings. The third kappa shape index (κ3) is 6.07. The Hall–Kier alpha value is -3.83. The highest BCUT2D eigenvalue weighted by Gasteiger charge is 2.09. The summed E-state index contributed by atoms with van der Waals surface area (Å²) in [6, 6.07) is 37.8. The predicted octanol–water partition coefficient (Wildman–Crippen LogP) is 6.39. The van der Waals surface area contributed by atoms with Gasteiger partial charge in [0.05, 0.1) is 12.2 Å². The first kappa shape index (κ1) is 20.4. The maximum absolute atomic E-state index is 5.84. The van der Waals surface area contributed by atoms with Crippen molar-refractivity contribution in [2.45, 2.75) is 6.54 Å². The van der Waals surface area contributed by atoms with E-state index in [-0.39, 0.29) is 0 Å². The van der Waals surface area contributed by atoms with Crippen molar-refractivity contribution in [1.29, 1.82) is 0 Å². The fourth-order valence-corrected chi connectivity index (χ4v) is 3.31. The molecular weight excluding hydrogens is 402 g/mol. The number of thiocarbonyl (C=S) groups is 1. The molecule has 0 spiro atoms. The Labute approximate surface area is 188 Å². The minimum absolute atomic E-state index is 0.511. The van der Waals surface area contributed by atoms with Crippen molar-refractivity contribution in [3.63, 3.8) is 0 Å². The molecule has 0 amide bonds. The summed E-state index contributed by atoms with van der Waals surface area (Å²) in [5.41, 5.74) is 6.40. The number of ether oxygens (including phenoxy) is 1. The number of rotatable bonds is 7. The van der Waals surface area contributed by atoms with Crippen LogP contribution in [-0.2, 0) is 6.54 Å². The van der Waals surface area contributed by atoms with Gasteiger partial charge in [-0.15, -0.1) is 0 Å². The van der Waals surface area contributed by atoms with Crippen LogP contribution in [-0.4, -0.2) is 5.11 Å². The van der Waals surface area contributed by atoms with Gasteiger partial charge in [-0.3, -0.25) is 10.4 Å². The molecule has 2 N–H and O–H groups in total. The third-order valence-corrected chi connectivity index (χ3v) is 4.77. The molecule has 0 aliphatic carbocycles. The zero-order valence-corrected chi connectivity index (χ0v) is 17.8. The Morgan fingerprint density at radius 2 is 1.23 bits per heavy atom. The molecule has 0 heterocycles. The first-order valence-electron chi connectivity index (χ1n) is 10.0. The molecule has 0 bridgehead atoms. The Morgan fingerprint density at radius 1 is 0.677 bits per heavy atom. The maximum Gasteiger partial charge on any atom is 0.189 e. The van der Waals surface area contributed by atoms with Crippen molar-refractivity contribution in [2.24, 2.45) is 0 Å². The van der Waals surface area contributed by atoms with Gasteiger partial charge in [0.2, 0.25) is 0 Å². The van der Waals surface area contributed by atoms with Crippen LogP contribution in [0.1, 0.15) is 5.56 Å². The van der Waals surface area contributed by atoms with Gasteiger partial charge in [-0.25, -0.2) is 0 Å². The Bertz CT molecular complexity index is 1090. The smallest absolute Gasteiger partial charge is 0.189 e. The van der Waals surface area contributed by atoms with E-state index in [4.69, 9.17) is 17.0 Å². The van der Waals surface area contributed by atoms with Crippen LogP contribution in [0.25, 0.3) is 0 Å². The van der Waals surface area contributed by atoms with Crippen LogP contribution in [0.15, 0.2) is 115 Å². The normalized spacial score (nSPS) is 10.2. The molecule has 4 aromatic carbocycles. The first-order chi connectivity index (χ1) is 15.3. The second-order valence-electron chi connectivity index (χ2n) is 6.91. The fraction of sp³-hybridized carbons (Fsp3) is 0.0385. The van der Waals surface area contributed by atoms with E-state index in [1.807, 2.05) is 108 Å².